The highest BCUT2D eigenvalue weighted by molar-refractivity contribution is 6.07. The Kier molecular flexibility index (Phi) is 2.63. The zero-order valence-corrected chi connectivity index (χ0v) is 9.61. The van der Waals surface area contributed by atoms with Crippen LogP contribution in [0.3, 0.4) is 0 Å². The van der Waals surface area contributed by atoms with Gasteiger partial charge in [-0.15, -0.1) is 0 Å². The van der Waals surface area contributed by atoms with E-state index in [4.69, 9.17) is 4.74 Å². The molecule has 1 aliphatic heterocycles. The lowest BCUT2D eigenvalue weighted by Gasteiger charge is -2.20. The number of hydrogen-bond donors (Lipinski definition) is 2. The number of benzene rings is 1. The van der Waals surface area contributed by atoms with E-state index in [2.05, 4.69) is 5.32 Å². The van der Waals surface area contributed by atoms with Gasteiger partial charge >= 0.3 is 0 Å². The van der Waals surface area contributed by atoms with Crippen LogP contribution in [-0.4, -0.2) is 23.9 Å². The quantitative estimate of drug-likeness (QED) is 0.813. The first-order valence-corrected chi connectivity index (χ1v) is 5.20. The molecule has 0 aliphatic carbocycles. The molecule has 2 N–H and O–H groups in total. The molecule has 90 valence electrons. The largest absolute Gasteiger partial charge is 0.496 e. The maximum atomic E-state index is 11.8. The van der Waals surface area contributed by atoms with Crippen LogP contribution < -0.4 is 10.1 Å². The van der Waals surface area contributed by atoms with Crippen molar-refractivity contribution >= 4 is 17.4 Å². The normalized spacial score (nSPS) is 21.9. The van der Waals surface area contributed by atoms with E-state index in [0.29, 0.717) is 17.0 Å². The first-order chi connectivity index (χ1) is 7.99. The lowest BCUT2D eigenvalue weighted by Crippen LogP contribution is -2.36. The molecular weight excluding hydrogens is 222 g/mol. The van der Waals surface area contributed by atoms with E-state index in [9.17, 15) is 14.7 Å². The summed E-state index contributed by atoms with van der Waals surface area (Å²) >= 11 is 0. The van der Waals surface area contributed by atoms with Gasteiger partial charge < -0.3 is 15.2 Å². The number of fused-ring (bicyclic) bond motifs is 1. The number of ether oxygens (including phenoxy) is 1. The molecule has 0 saturated heterocycles. The van der Waals surface area contributed by atoms with E-state index in [0.717, 1.165) is 0 Å². The summed E-state index contributed by atoms with van der Waals surface area (Å²) in [5.74, 6) is -0.460. The van der Waals surface area contributed by atoms with Gasteiger partial charge in [-0.2, -0.15) is 0 Å². The van der Waals surface area contributed by atoms with Crippen LogP contribution in [0.4, 0.5) is 5.69 Å². The van der Waals surface area contributed by atoms with Crippen LogP contribution in [0, 0.1) is 0 Å². The monoisotopic (exact) mass is 235 g/mol. The van der Waals surface area contributed by atoms with Gasteiger partial charge in [0, 0.05) is 6.42 Å². The third-order valence-corrected chi connectivity index (χ3v) is 2.79. The highest BCUT2D eigenvalue weighted by Crippen LogP contribution is 2.43. The highest BCUT2D eigenvalue weighted by Gasteiger charge is 2.48. The molecule has 1 aliphatic rings. The van der Waals surface area contributed by atoms with Gasteiger partial charge in [0.2, 0.25) is 0 Å². The van der Waals surface area contributed by atoms with Crippen molar-refractivity contribution in [2.45, 2.75) is 18.9 Å². The molecule has 0 fully saturated rings. The number of hydrogen-bond acceptors (Lipinski definition) is 4. The molecule has 0 radical (unpaired) electrons. The minimum absolute atomic E-state index is 0.258. The van der Waals surface area contributed by atoms with Crippen molar-refractivity contribution in [3.63, 3.8) is 0 Å². The van der Waals surface area contributed by atoms with Gasteiger partial charge in [-0.1, -0.05) is 6.07 Å². The maximum Gasteiger partial charge on any atom is 0.261 e. The van der Waals surface area contributed by atoms with Gasteiger partial charge in [0.25, 0.3) is 5.91 Å². The first-order valence-electron chi connectivity index (χ1n) is 5.20. The maximum absolute atomic E-state index is 11.8. The predicted octanol–water partition coefficient (Wildman–Crippen LogP) is 0.814. The smallest absolute Gasteiger partial charge is 0.261 e. The Morgan fingerprint density at radius 3 is 2.82 bits per heavy atom. The Balaban J connectivity index is 2.59. The van der Waals surface area contributed by atoms with Crippen molar-refractivity contribution in [1.29, 1.82) is 0 Å². The molecule has 2 rings (SSSR count). The van der Waals surface area contributed by atoms with Gasteiger partial charge in [0.05, 0.1) is 18.4 Å². The molecule has 0 spiro atoms. The Morgan fingerprint density at radius 1 is 1.53 bits per heavy atom. The van der Waals surface area contributed by atoms with Crippen LogP contribution >= 0.6 is 0 Å². The molecule has 1 aromatic carbocycles. The minimum atomic E-state index is -1.83. The third kappa shape index (κ3) is 1.68. The zero-order chi connectivity index (χ0) is 12.6. The zero-order valence-electron chi connectivity index (χ0n) is 9.61. The summed E-state index contributed by atoms with van der Waals surface area (Å²) < 4.78 is 5.12. The topological polar surface area (TPSA) is 75.6 Å². The van der Waals surface area contributed by atoms with Crippen LogP contribution in [0.25, 0.3) is 0 Å². The average molecular weight is 235 g/mol. The van der Waals surface area contributed by atoms with Crippen molar-refractivity contribution in [3.05, 3.63) is 23.8 Å². The van der Waals surface area contributed by atoms with Crippen molar-refractivity contribution in [1.82, 2.24) is 0 Å². The molecule has 1 amide bonds. The number of anilines is 1. The molecule has 0 aromatic heterocycles. The number of aliphatic hydroxyl groups is 1. The fraction of sp³-hybridized carbons (Fsp3) is 0.333. The number of rotatable bonds is 3. The Bertz CT molecular complexity index is 497. The first kappa shape index (κ1) is 11.6. The summed E-state index contributed by atoms with van der Waals surface area (Å²) in [7, 11) is 1.45. The molecule has 17 heavy (non-hydrogen) atoms. The van der Waals surface area contributed by atoms with Gasteiger partial charge in [-0.3, -0.25) is 9.59 Å². The summed E-state index contributed by atoms with van der Waals surface area (Å²) in [6, 6.07) is 5.01. The molecule has 1 aromatic rings. The van der Waals surface area contributed by atoms with Gasteiger partial charge in [-0.05, 0) is 19.1 Å². The fourth-order valence-corrected chi connectivity index (χ4v) is 2.10. The van der Waals surface area contributed by atoms with E-state index in [-0.39, 0.29) is 12.2 Å². The molecular formula is C12H13NO4. The Hall–Kier alpha value is -1.88. The molecule has 1 heterocycles. The SMILES string of the molecule is COc1cccc2c1[C@](O)(CC(C)=O)C(=O)N2. The van der Waals surface area contributed by atoms with Crippen LogP contribution in [0.5, 0.6) is 5.75 Å². The van der Waals surface area contributed by atoms with E-state index in [1.165, 1.54) is 14.0 Å². The number of methoxy groups -OCH3 is 1. The van der Waals surface area contributed by atoms with Crippen LogP contribution in [0.2, 0.25) is 0 Å². The van der Waals surface area contributed by atoms with E-state index in [1.54, 1.807) is 18.2 Å². The molecule has 0 unspecified atom stereocenters. The number of nitrogens with one attached hydrogen (secondary N) is 1. The van der Waals surface area contributed by atoms with E-state index < -0.39 is 11.5 Å². The summed E-state index contributed by atoms with van der Waals surface area (Å²) in [6.45, 7) is 1.33. The average Bonchev–Trinajstić information content (AvgIpc) is 2.50. The highest BCUT2D eigenvalue weighted by atomic mass is 16.5. The van der Waals surface area contributed by atoms with E-state index in [1.807, 2.05) is 0 Å². The summed E-state index contributed by atoms with van der Waals surface area (Å²) in [5.41, 5.74) is -1.01. The second kappa shape index (κ2) is 3.85. The predicted molar refractivity (Wildman–Crippen MR) is 60.8 cm³/mol. The second-order valence-electron chi connectivity index (χ2n) is 4.08. The Morgan fingerprint density at radius 2 is 2.24 bits per heavy atom. The van der Waals surface area contributed by atoms with Crippen molar-refractivity contribution in [2.75, 3.05) is 12.4 Å². The Labute approximate surface area is 98.4 Å². The number of carbonyl (C=O) groups is 2. The standard InChI is InChI=1S/C12H13NO4/c1-7(14)6-12(16)10-8(13-11(12)15)4-3-5-9(10)17-2/h3-5,16H,6H2,1-2H3,(H,13,15)/t12-/m1/s1. The third-order valence-electron chi connectivity index (χ3n) is 2.79. The minimum Gasteiger partial charge on any atom is -0.496 e. The number of amides is 1. The summed E-state index contributed by atoms with van der Waals surface area (Å²) in [4.78, 5) is 23.0. The van der Waals surface area contributed by atoms with Crippen LogP contribution in [0.15, 0.2) is 18.2 Å². The van der Waals surface area contributed by atoms with Crippen molar-refractivity contribution < 1.29 is 19.4 Å². The number of carbonyl (C=O) groups excluding carboxylic acids is 2. The van der Waals surface area contributed by atoms with Gasteiger partial charge in [0.1, 0.15) is 11.5 Å². The second-order valence-corrected chi connectivity index (χ2v) is 4.08. The van der Waals surface area contributed by atoms with Crippen LogP contribution in [-0.2, 0) is 15.2 Å². The molecule has 1 atom stereocenters. The van der Waals surface area contributed by atoms with Crippen LogP contribution in [0.1, 0.15) is 18.9 Å². The fourth-order valence-electron chi connectivity index (χ4n) is 2.10. The molecule has 0 bridgehead atoms. The number of ketones is 1. The molecule has 5 heteroatoms. The molecule has 0 saturated carbocycles. The lowest BCUT2D eigenvalue weighted by atomic mass is 9.89. The van der Waals surface area contributed by atoms with Gasteiger partial charge in [-0.25, -0.2) is 0 Å². The van der Waals surface area contributed by atoms with E-state index >= 15 is 0 Å². The van der Waals surface area contributed by atoms with Gasteiger partial charge in [0.15, 0.2) is 5.60 Å². The lowest BCUT2D eigenvalue weighted by molar-refractivity contribution is -0.139. The molecule has 5 nitrogen and oxygen atoms in total. The number of Topliss-reactive ketones (excluding diaryl/α,β-unsaturated/α-hetero) is 1. The van der Waals surface area contributed by atoms with Crippen molar-refractivity contribution in [2.24, 2.45) is 0 Å². The summed E-state index contributed by atoms with van der Waals surface area (Å²) in [5, 5.41) is 12.9. The van der Waals surface area contributed by atoms with Crippen molar-refractivity contribution in [3.8, 4) is 5.75 Å². The summed E-state index contributed by atoms with van der Waals surface area (Å²) in [6.07, 6.45) is -0.258.